The minimum atomic E-state index is -1.68. The van der Waals surface area contributed by atoms with E-state index in [2.05, 4.69) is 87.5 Å². The minimum Gasteiger partial charge on any atom is -0.391 e. The van der Waals surface area contributed by atoms with Gasteiger partial charge in [0.15, 0.2) is 11.5 Å². The number of unbranched alkanes of at least 4 members (excludes halogenated alkanes) is 2. The number of rotatable bonds is 19. The summed E-state index contributed by atoms with van der Waals surface area (Å²) in [6, 6.07) is 20.8. The van der Waals surface area contributed by atoms with Crippen LogP contribution in [0.15, 0.2) is 75.4 Å². The Morgan fingerprint density at radius 2 is 1.69 bits per heavy atom. The van der Waals surface area contributed by atoms with Crippen LogP contribution in [0.3, 0.4) is 0 Å². The zero-order valence-corrected chi connectivity index (χ0v) is 45.9. The summed E-state index contributed by atoms with van der Waals surface area (Å²) in [6.45, 7) is 13.3. The van der Waals surface area contributed by atoms with Crippen LogP contribution in [-0.2, 0) is 14.4 Å². The molecule has 3 aromatic heterocycles. The quantitative estimate of drug-likeness (QED) is 0.0757. The van der Waals surface area contributed by atoms with Gasteiger partial charge in [0, 0.05) is 80.1 Å². The van der Waals surface area contributed by atoms with Crippen LogP contribution in [0.25, 0.3) is 38.2 Å². The van der Waals surface area contributed by atoms with Gasteiger partial charge in [-0.3, -0.25) is 28.5 Å². The second-order valence-electron chi connectivity index (χ2n) is 22.8. The molecule has 2 amide bonds. The highest BCUT2D eigenvalue weighted by molar-refractivity contribution is 9.10. The Labute approximate surface area is 446 Å². The maximum atomic E-state index is 14.4. The number of β-amino-alcohol motifs (C(OH)–C–C–N with tert-alkyl or cyclic N) is 1. The van der Waals surface area contributed by atoms with Gasteiger partial charge in [0.1, 0.15) is 6.04 Å². The van der Waals surface area contributed by atoms with Crippen molar-refractivity contribution in [1.82, 2.24) is 34.1 Å². The number of imidazole rings is 1. The molecule has 10 rings (SSSR count). The summed E-state index contributed by atoms with van der Waals surface area (Å²) in [5.41, 5.74) is 7.05. The molecule has 0 unspecified atom stereocenters. The molecule has 4 atom stereocenters. The highest BCUT2D eigenvalue weighted by Gasteiger charge is 2.50. The number of anilines is 1. The fourth-order valence-electron chi connectivity index (χ4n) is 12.2. The normalized spacial score (nSPS) is 20.3. The Bertz CT molecular complexity index is 3070. The van der Waals surface area contributed by atoms with Crippen molar-refractivity contribution in [2.45, 2.75) is 147 Å². The van der Waals surface area contributed by atoms with E-state index in [9.17, 15) is 28.7 Å². The molecule has 0 bridgehead atoms. The number of benzene rings is 3. The van der Waals surface area contributed by atoms with Gasteiger partial charge in [-0.25, -0.2) is 9.37 Å². The van der Waals surface area contributed by atoms with Crippen molar-refractivity contribution in [2.24, 2.45) is 11.3 Å². The molecule has 2 saturated carbocycles. The second kappa shape index (κ2) is 21.9. The Morgan fingerprint density at radius 1 is 0.932 bits per heavy atom. The van der Waals surface area contributed by atoms with Crippen molar-refractivity contribution in [3.05, 3.63) is 92.3 Å². The van der Waals surface area contributed by atoms with Gasteiger partial charge in [-0.15, -0.1) is 11.3 Å². The first kappa shape index (κ1) is 52.4. The second-order valence-corrected chi connectivity index (χ2v) is 24.5. The molecule has 4 fully saturated rings. The number of nitrogens with one attached hydrogen (secondary N) is 1. The molecule has 6 aromatic rings. The van der Waals surface area contributed by atoms with Gasteiger partial charge in [-0.1, -0.05) is 76.8 Å². The average molecular weight is 1090 g/mol. The number of carbonyl (C=O) groups excluding carboxylic acids is 3. The van der Waals surface area contributed by atoms with Crippen LogP contribution in [-0.4, -0.2) is 115 Å². The lowest BCUT2D eigenvalue weighted by Gasteiger charge is -2.36. The maximum absolute atomic E-state index is 14.4. The van der Waals surface area contributed by atoms with Gasteiger partial charge in [0.2, 0.25) is 17.6 Å². The van der Waals surface area contributed by atoms with E-state index < -0.39 is 29.1 Å². The van der Waals surface area contributed by atoms with E-state index in [0.29, 0.717) is 30.8 Å². The predicted octanol–water partition coefficient (Wildman–Crippen LogP) is 10.6. The summed E-state index contributed by atoms with van der Waals surface area (Å²) >= 11 is 5.24. The topological polar surface area (TPSA) is 145 Å². The van der Waals surface area contributed by atoms with E-state index in [1.807, 2.05) is 51.4 Å². The van der Waals surface area contributed by atoms with Crippen LogP contribution in [0, 0.1) is 18.3 Å². The third-order valence-electron chi connectivity index (χ3n) is 16.7. The number of hydrogen-bond acceptors (Lipinski definition) is 10. The lowest BCUT2D eigenvalue weighted by Crippen LogP contribution is -2.50. The van der Waals surface area contributed by atoms with Crippen molar-refractivity contribution in [3.63, 3.8) is 0 Å². The monoisotopic (exact) mass is 1090 g/mol. The molecule has 5 heterocycles. The first-order chi connectivity index (χ1) is 35.6. The zero-order chi connectivity index (χ0) is 51.9. The molecule has 2 N–H and O–H groups in total. The molecule has 2 aliphatic heterocycles. The first-order valence-corrected chi connectivity index (χ1v) is 28.9. The summed E-state index contributed by atoms with van der Waals surface area (Å²) in [5.74, 6) is -0.563. The molecule has 394 valence electrons. The number of likely N-dealkylation sites (tertiary alicyclic amines) is 1. The van der Waals surface area contributed by atoms with Gasteiger partial charge in [-0.2, -0.15) is 4.98 Å². The van der Waals surface area contributed by atoms with Crippen LogP contribution in [0.1, 0.15) is 134 Å². The number of thiazole rings is 1. The molecule has 16 heteroatoms. The molecule has 0 spiro atoms. The van der Waals surface area contributed by atoms with Crippen LogP contribution in [0.2, 0.25) is 0 Å². The Morgan fingerprint density at radius 3 is 2.39 bits per heavy atom. The van der Waals surface area contributed by atoms with Crippen molar-refractivity contribution in [1.29, 1.82) is 0 Å². The highest BCUT2D eigenvalue weighted by atomic mass is 79.9. The molecule has 2 saturated heterocycles. The van der Waals surface area contributed by atoms with Crippen molar-refractivity contribution in [2.75, 3.05) is 50.7 Å². The largest absolute Gasteiger partial charge is 0.391 e. The maximum Gasteiger partial charge on any atom is 0.283 e. The number of aliphatic hydroxyl groups excluding tert-OH is 1. The van der Waals surface area contributed by atoms with Crippen molar-refractivity contribution in [3.8, 4) is 10.4 Å². The standard InChI is InChI=1S/C58H72BrFN8O5S/c1-37-52(74-36-62-37)39-21-19-38(20-22-39)40(34-61-53(71)49-33-43(69)35-66(49)55(73)44(57(2,3)4)15-10-18-50(70)58(60)25-26-58)12-6-5-9-27-64-28-30-65(31-29-64)42-23-24-46-48(32-42)67(41-13-7-8-14-41)56-63-54(72)51-45(59)16-11-17-47(51)68(46)56/h11,16-17,19-24,32,36,40-41,43-44,49,69H,5-10,12-15,18,25-31,33-35H2,1-4H3,(H,61,71)/t40-,43-,44-,49+/m1/s1. The number of hydrogen-bond donors (Lipinski definition) is 2. The van der Waals surface area contributed by atoms with E-state index in [4.69, 9.17) is 4.98 Å². The molecular formula is C58H72BrFN8O5S. The number of amides is 2. The summed E-state index contributed by atoms with van der Waals surface area (Å²) in [5, 5.41) is 14.7. The molecule has 13 nitrogen and oxygen atoms in total. The lowest BCUT2D eigenvalue weighted by atomic mass is 9.76. The number of halogens is 2. The molecule has 2 aliphatic carbocycles. The molecular weight excluding hydrogens is 1020 g/mol. The van der Waals surface area contributed by atoms with E-state index in [-0.39, 0.29) is 61.3 Å². The first-order valence-electron chi connectivity index (χ1n) is 27.2. The molecule has 0 radical (unpaired) electrons. The Balaban J connectivity index is 0.761. The van der Waals surface area contributed by atoms with E-state index in [1.54, 1.807) is 16.2 Å². The Kier molecular flexibility index (Phi) is 15.5. The number of alkyl halides is 1. The fraction of sp³-hybridized carbons (Fsp3) is 0.552. The van der Waals surface area contributed by atoms with Crippen LogP contribution < -0.4 is 15.8 Å². The number of ketones is 1. The third-order valence-corrected chi connectivity index (χ3v) is 18.3. The third kappa shape index (κ3) is 11.0. The summed E-state index contributed by atoms with van der Waals surface area (Å²) < 4.78 is 19.7. The summed E-state index contributed by atoms with van der Waals surface area (Å²) in [4.78, 5) is 71.2. The minimum absolute atomic E-state index is 0.0431. The number of aliphatic hydroxyl groups is 1. The average Bonchev–Trinajstić information content (AvgIpc) is 3.84. The fourth-order valence-corrected chi connectivity index (χ4v) is 13.5. The van der Waals surface area contributed by atoms with E-state index in [0.717, 1.165) is 120 Å². The van der Waals surface area contributed by atoms with Gasteiger partial charge >= 0.3 is 0 Å². The number of Topliss-reactive ketones (excluding diaryl/α,β-unsaturated/α-hetero) is 1. The number of piperazine rings is 1. The molecule has 3 aromatic carbocycles. The number of aryl methyl sites for hydroxylation is 1. The smallest absolute Gasteiger partial charge is 0.283 e. The van der Waals surface area contributed by atoms with Crippen LogP contribution >= 0.6 is 27.3 Å². The van der Waals surface area contributed by atoms with Crippen LogP contribution in [0.4, 0.5) is 10.1 Å². The SMILES string of the molecule is Cc1ncsc1-c1ccc([C@H](CCCCCN2CCN(c3ccc4c(c3)n(C3CCCC3)c3nc(=O)c5c(Br)cccc5n43)CC2)CNC(=O)[C@@H]2C[C@@H](O)CN2C(=O)[C@@H](CCCC(=O)C2(F)CC2)C(C)(C)C)cc1. The van der Waals surface area contributed by atoms with Crippen molar-refractivity contribution >= 4 is 78.3 Å². The van der Waals surface area contributed by atoms with Gasteiger partial charge in [-0.05, 0) is 128 Å². The van der Waals surface area contributed by atoms with Crippen molar-refractivity contribution < 1.29 is 23.9 Å². The predicted molar refractivity (Wildman–Crippen MR) is 296 cm³/mol. The molecule has 4 aliphatic rings. The highest BCUT2D eigenvalue weighted by Crippen LogP contribution is 2.43. The molecule has 74 heavy (non-hydrogen) atoms. The number of nitrogens with zero attached hydrogens (tertiary/aromatic N) is 7. The lowest BCUT2D eigenvalue weighted by molar-refractivity contribution is -0.145. The van der Waals surface area contributed by atoms with Crippen LogP contribution in [0.5, 0.6) is 0 Å². The van der Waals surface area contributed by atoms with E-state index >= 15 is 0 Å². The summed E-state index contributed by atoms with van der Waals surface area (Å²) in [6.07, 6.45) is 9.33. The van der Waals surface area contributed by atoms with Gasteiger partial charge in [0.05, 0.1) is 44.1 Å². The van der Waals surface area contributed by atoms with Gasteiger partial charge in [0.25, 0.3) is 5.56 Å². The number of fused-ring (bicyclic) bond motifs is 5. The van der Waals surface area contributed by atoms with Gasteiger partial charge < -0.3 is 24.8 Å². The summed E-state index contributed by atoms with van der Waals surface area (Å²) in [7, 11) is 0. The number of carbonyl (C=O) groups is 3. The number of aromatic nitrogens is 4. The van der Waals surface area contributed by atoms with E-state index in [1.165, 1.54) is 18.5 Å². The zero-order valence-electron chi connectivity index (χ0n) is 43.5. The Hall–Kier alpha value is -5.03.